The summed E-state index contributed by atoms with van der Waals surface area (Å²) in [4.78, 5) is 6.87. The number of aryl methyl sites for hydroxylation is 1. The molecule has 2 heterocycles. The number of nitrogens with zero attached hydrogens (tertiary/aromatic N) is 2. The van der Waals surface area contributed by atoms with Crippen LogP contribution in [0.2, 0.25) is 0 Å². The molecule has 0 bridgehead atoms. The number of fused-ring (bicyclic) bond motifs is 1. The van der Waals surface area contributed by atoms with Crippen LogP contribution in [0.15, 0.2) is 57.9 Å². The maximum Gasteiger partial charge on any atom is 0.191 e. The van der Waals surface area contributed by atoms with Gasteiger partial charge in [0.2, 0.25) is 0 Å². The SMILES string of the molecule is CN=C(NCc1oc2ccccc2c1C)NCC(c1ccc(OC)cc1)N1CCOCC1. The van der Waals surface area contributed by atoms with Gasteiger partial charge < -0.3 is 24.5 Å². The van der Waals surface area contributed by atoms with Crippen molar-refractivity contribution >= 4 is 16.9 Å². The van der Waals surface area contributed by atoms with Gasteiger partial charge in [-0.05, 0) is 30.7 Å². The van der Waals surface area contributed by atoms with E-state index in [1.54, 1.807) is 14.2 Å². The molecule has 0 amide bonds. The fraction of sp³-hybridized carbons (Fsp3) is 0.400. The zero-order chi connectivity index (χ0) is 22.3. The summed E-state index contributed by atoms with van der Waals surface area (Å²) < 4.78 is 16.9. The van der Waals surface area contributed by atoms with Crippen molar-refractivity contribution in [3.8, 4) is 5.75 Å². The summed E-state index contributed by atoms with van der Waals surface area (Å²) >= 11 is 0. The lowest BCUT2D eigenvalue weighted by Gasteiger charge is -2.35. The van der Waals surface area contributed by atoms with Crippen molar-refractivity contribution < 1.29 is 13.9 Å². The Morgan fingerprint density at radius 1 is 1.09 bits per heavy atom. The molecule has 1 fully saturated rings. The van der Waals surface area contributed by atoms with E-state index in [9.17, 15) is 0 Å². The summed E-state index contributed by atoms with van der Waals surface area (Å²) in [6.07, 6.45) is 0. The van der Waals surface area contributed by atoms with Gasteiger partial charge in [0.25, 0.3) is 0 Å². The minimum Gasteiger partial charge on any atom is -0.497 e. The van der Waals surface area contributed by atoms with Gasteiger partial charge in [-0.2, -0.15) is 0 Å². The summed E-state index contributed by atoms with van der Waals surface area (Å²) in [6, 6.07) is 16.6. The van der Waals surface area contributed by atoms with E-state index >= 15 is 0 Å². The first-order valence-electron chi connectivity index (χ1n) is 11.1. The molecule has 170 valence electrons. The van der Waals surface area contributed by atoms with Crippen LogP contribution in [0.25, 0.3) is 11.0 Å². The Morgan fingerprint density at radius 2 is 1.84 bits per heavy atom. The third-order valence-electron chi connectivity index (χ3n) is 6.03. The predicted molar refractivity (Wildman–Crippen MR) is 127 cm³/mol. The topological polar surface area (TPSA) is 71.3 Å². The standard InChI is InChI=1S/C25H32N4O3/c1-18-21-6-4-5-7-23(21)32-24(18)17-28-25(26-2)27-16-22(29-12-14-31-15-13-29)19-8-10-20(30-3)11-9-19/h4-11,22H,12-17H2,1-3H3,(H2,26,27,28). The van der Waals surface area contributed by atoms with Crippen molar-refractivity contribution in [3.05, 3.63) is 65.4 Å². The Morgan fingerprint density at radius 3 is 2.53 bits per heavy atom. The number of para-hydroxylation sites is 1. The summed E-state index contributed by atoms with van der Waals surface area (Å²) in [5.74, 6) is 2.53. The van der Waals surface area contributed by atoms with Gasteiger partial charge in [0.15, 0.2) is 5.96 Å². The third kappa shape index (κ3) is 5.06. The van der Waals surface area contributed by atoms with Crippen LogP contribution < -0.4 is 15.4 Å². The zero-order valence-electron chi connectivity index (χ0n) is 19.1. The smallest absolute Gasteiger partial charge is 0.191 e. The van der Waals surface area contributed by atoms with Crippen LogP contribution in [0.1, 0.15) is 22.9 Å². The van der Waals surface area contributed by atoms with Gasteiger partial charge in [-0.25, -0.2) is 0 Å². The predicted octanol–water partition coefficient (Wildman–Crippen LogP) is 3.49. The van der Waals surface area contributed by atoms with Gasteiger partial charge >= 0.3 is 0 Å². The number of benzene rings is 2. The van der Waals surface area contributed by atoms with Gasteiger partial charge in [-0.3, -0.25) is 9.89 Å². The van der Waals surface area contributed by atoms with Gasteiger partial charge in [0, 0.05) is 37.6 Å². The number of ether oxygens (including phenoxy) is 2. The molecule has 1 atom stereocenters. The Kier molecular flexibility index (Phi) is 7.29. The molecule has 0 spiro atoms. The zero-order valence-corrected chi connectivity index (χ0v) is 19.1. The number of furan rings is 1. The van der Waals surface area contributed by atoms with E-state index < -0.39 is 0 Å². The molecular formula is C25H32N4O3. The fourth-order valence-corrected chi connectivity index (χ4v) is 4.14. The minimum absolute atomic E-state index is 0.205. The van der Waals surface area contributed by atoms with Crippen LogP contribution in [-0.2, 0) is 11.3 Å². The molecule has 1 aromatic heterocycles. The van der Waals surface area contributed by atoms with Gasteiger partial charge in [-0.1, -0.05) is 30.3 Å². The van der Waals surface area contributed by atoms with Crippen molar-refractivity contribution in [1.29, 1.82) is 0 Å². The molecule has 1 aliphatic heterocycles. The molecule has 2 aromatic carbocycles. The number of hydrogen-bond acceptors (Lipinski definition) is 5. The van der Waals surface area contributed by atoms with E-state index in [0.29, 0.717) is 6.54 Å². The molecule has 1 aliphatic rings. The number of hydrogen-bond donors (Lipinski definition) is 2. The first-order valence-corrected chi connectivity index (χ1v) is 11.1. The molecule has 1 unspecified atom stereocenters. The Bertz CT molecular complexity index is 1040. The Balaban J connectivity index is 1.42. The first kappa shape index (κ1) is 22.2. The summed E-state index contributed by atoms with van der Waals surface area (Å²) in [6.45, 7) is 6.72. The van der Waals surface area contributed by atoms with Crippen LogP contribution in [0.4, 0.5) is 0 Å². The number of morpholine rings is 1. The van der Waals surface area contributed by atoms with Crippen molar-refractivity contribution in [3.63, 3.8) is 0 Å². The highest BCUT2D eigenvalue weighted by atomic mass is 16.5. The molecule has 7 heteroatoms. The van der Waals surface area contributed by atoms with Crippen LogP contribution >= 0.6 is 0 Å². The number of methoxy groups -OCH3 is 1. The average molecular weight is 437 g/mol. The van der Waals surface area contributed by atoms with Crippen LogP contribution in [0.3, 0.4) is 0 Å². The average Bonchev–Trinajstić information content (AvgIpc) is 3.17. The molecule has 2 N–H and O–H groups in total. The minimum atomic E-state index is 0.205. The monoisotopic (exact) mass is 436 g/mol. The van der Waals surface area contributed by atoms with E-state index in [-0.39, 0.29) is 6.04 Å². The number of rotatable bonds is 7. The van der Waals surface area contributed by atoms with Gasteiger partial charge in [0.05, 0.1) is 32.9 Å². The van der Waals surface area contributed by atoms with Crippen LogP contribution in [-0.4, -0.2) is 57.9 Å². The fourth-order valence-electron chi connectivity index (χ4n) is 4.14. The van der Waals surface area contributed by atoms with E-state index in [4.69, 9.17) is 13.9 Å². The van der Waals surface area contributed by atoms with Gasteiger partial charge in [-0.15, -0.1) is 0 Å². The van der Waals surface area contributed by atoms with Crippen molar-refractivity contribution in [2.45, 2.75) is 19.5 Å². The molecule has 4 rings (SSSR count). The van der Waals surface area contributed by atoms with Crippen molar-refractivity contribution in [2.24, 2.45) is 4.99 Å². The lowest BCUT2D eigenvalue weighted by atomic mass is 10.0. The molecule has 0 aliphatic carbocycles. The third-order valence-corrected chi connectivity index (χ3v) is 6.03. The largest absolute Gasteiger partial charge is 0.497 e. The second-order valence-electron chi connectivity index (χ2n) is 7.89. The highest BCUT2D eigenvalue weighted by molar-refractivity contribution is 5.83. The van der Waals surface area contributed by atoms with E-state index in [0.717, 1.165) is 66.9 Å². The molecule has 7 nitrogen and oxygen atoms in total. The summed E-state index contributed by atoms with van der Waals surface area (Å²) in [7, 11) is 3.48. The summed E-state index contributed by atoms with van der Waals surface area (Å²) in [5, 5.41) is 8.05. The summed E-state index contributed by atoms with van der Waals surface area (Å²) in [5.41, 5.74) is 3.31. The molecule has 1 saturated heterocycles. The number of aliphatic imine (C=N–C) groups is 1. The first-order chi connectivity index (χ1) is 15.7. The second-order valence-corrected chi connectivity index (χ2v) is 7.89. The molecule has 0 radical (unpaired) electrons. The van der Waals surface area contributed by atoms with E-state index in [2.05, 4.69) is 45.6 Å². The van der Waals surface area contributed by atoms with E-state index in [1.165, 1.54) is 5.56 Å². The molecule has 3 aromatic rings. The lowest BCUT2D eigenvalue weighted by molar-refractivity contribution is 0.0170. The van der Waals surface area contributed by atoms with Gasteiger partial charge in [0.1, 0.15) is 17.1 Å². The number of nitrogens with one attached hydrogen (secondary N) is 2. The highest BCUT2D eigenvalue weighted by Crippen LogP contribution is 2.25. The van der Waals surface area contributed by atoms with Crippen LogP contribution in [0.5, 0.6) is 5.75 Å². The Labute approximate surface area is 189 Å². The molecule has 32 heavy (non-hydrogen) atoms. The highest BCUT2D eigenvalue weighted by Gasteiger charge is 2.23. The van der Waals surface area contributed by atoms with E-state index in [1.807, 2.05) is 30.3 Å². The maximum atomic E-state index is 6.03. The van der Waals surface area contributed by atoms with Crippen molar-refractivity contribution in [1.82, 2.24) is 15.5 Å². The molecule has 0 saturated carbocycles. The normalized spacial score (nSPS) is 16.2. The Hall–Kier alpha value is -3.03. The maximum absolute atomic E-state index is 6.03. The number of guanidine groups is 1. The second kappa shape index (κ2) is 10.5. The molecular weight excluding hydrogens is 404 g/mol. The lowest BCUT2D eigenvalue weighted by Crippen LogP contribution is -2.46. The van der Waals surface area contributed by atoms with Crippen LogP contribution in [0, 0.1) is 6.92 Å². The quantitative estimate of drug-likeness (QED) is 0.436. The van der Waals surface area contributed by atoms with Crippen molar-refractivity contribution in [2.75, 3.05) is 47.0 Å².